The Kier molecular flexibility index (Phi) is 8.48. The van der Waals surface area contributed by atoms with Gasteiger partial charge in [-0.25, -0.2) is 4.79 Å². The lowest BCUT2D eigenvalue weighted by Gasteiger charge is -2.06. The van der Waals surface area contributed by atoms with E-state index in [2.05, 4.69) is 13.2 Å². The van der Waals surface area contributed by atoms with Crippen LogP contribution in [-0.4, -0.2) is 39.0 Å². The summed E-state index contributed by atoms with van der Waals surface area (Å²) in [5.41, 5.74) is 1.38. The molecule has 92 valence electrons. The third kappa shape index (κ3) is 9.43. The van der Waals surface area contributed by atoms with Crippen LogP contribution < -0.4 is 0 Å². The molecule has 0 aliphatic carbocycles. The quantitative estimate of drug-likeness (QED) is 0.261. The van der Waals surface area contributed by atoms with Gasteiger partial charge in [-0.1, -0.05) is 18.7 Å². The molecule has 0 aromatic rings. The molecule has 0 fully saturated rings. The molecule has 0 heterocycles. The Morgan fingerprint density at radius 1 is 1.00 bits per heavy atom. The Morgan fingerprint density at radius 2 is 1.56 bits per heavy atom. The molecule has 4 heteroatoms. The predicted molar refractivity (Wildman–Crippen MR) is 62.2 cm³/mol. The number of carbonyl (C=O) groups is 1. The molecule has 0 radical (unpaired) electrons. The van der Waals surface area contributed by atoms with Gasteiger partial charge >= 0.3 is 5.97 Å². The van der Waals surface area contributed by atoms with E-state index >= 15 is 0 Å². The first-order chi connectivity index (χ1) is 7.54. The van der Waals surface area contributed by atoms with Crippen molar-refractivity contribution in [2.24, 2.45) is 0 Å². The maximum absolute atomic E-state index is 10.9. The number of hydrogen-bond donors (Lipinski definition) is 0. The van der Waals surface area contributed by atoms with E-state index in [0.29, 0.717) is 32.0 Å². The minimum atomic E-state index is -0.387. The van der Waals surface area contributed by atoms with Gasteiger partial charge in [0.05, 0.1) is 26.4 Å². The van der Waals surface area contributed by atoms with Gasteiger partial charge in [0.25, 0.3) is 0 Å². The van der Waals surface area contributed by atoms with E-state index in [-0.39, 0.29) is 12.6 Å². The van der Waals surface area contributed by atoms with Crippen LogP contribution in [-0.2, 0) is 19.0 Å². The SMILES string of the molecule is C=C(C)COCCOCCOC(=O)C(=C)C. The first-order valence-corrected chi connectivity index (χ1v) is 5.16. The van der Waals surface area contributed by atoms with Crippen molar-refractivity contribution in [1.29, 1.82) is 0 Å². The normalized spacial score (nSPS) is 9.88. The highest BCUT2D eigenvalue weighted by molar-refractivity contribution is 5.86. The largest absolute Gasteiger partial charge is 0.460 e. The van der Waals surface area contributed by atoms with Gasteiger partial charge in [-0.3, -0.25) is 0 Å². The molecule has 0 saturated carbocycles. The summed E-state index contributed by atoms with van der Waals surface area (Å²) in [5.74, 6) is -0.387. The smallest absolute Gasteiger partial charge is 0.333 e. The van der Waals surface area contributed by atoms with Crippen LogP contribution in [0.3, 0.4) is 0 Å². The van der Waals surface area contributed by atoms with Gasteiger partial charge in [0.15, 0.2) is 0 Å². The molecule has 0 spiro atoms. The second-order valence-corrected chi connectivity index (χ2v) is 3.54. The monoisotopic (exact) mass is 228 g/mol. The zero-order valence-electron chi connectivity index (χ0n) is 10.1. The molecular formula is C12H20O4. The number of ether oxygens (including phenoxy) is 3. The molecule has 0 aliphatic heterocycles. The van der Waals surface area contributed by atoms with Crippen LogP contribution >= 0.6 is 0 Å². The second kappa shape index (κ2) is 9.12. The minimum absolute atomic E-state index is 0.242. The molecule has 0 aromatic heterocycles. The molecule has 0 saturated heterocycles. The Hall–Kier alpha value is -1.13. The lowest BCUT2D eigenvalue weighted by atomic mass is 10.4. The van der Waals surface area contributed by atoms with Crippen LogP contribution in [0.5, 0.6) is 0 Å². The zero-order chi connectivity index (χ0) is 12.4. The third-order valence-electron chi connectivity index (χ3n) is 1.53. The average Bonchev–Trinajstić information content (AvgIpc) is 2.21. The van der Waals surface area contributed by atoms with Gasteiger partial charge in [0.1, 0.15) is 6.61 Å². The molecule has 0 atom stereocenters. The van der Waals surface area contributed by atoms with Crippen molar-refractivity contribution in [3.63, 3.8) is 0 Å². The number of carbonyl (C=O) groups excluding carboxylic acids is 1. The summed E-state index contributed by atoms with van der Waals surface area (Å²) in [6, 6.07) is 0. The second-order valence-electron chi connectivity index (χ2n) is 3.54. The van der Waals surface area contributed by atoms with Crippen LogP contribution in [0.2, 0.25) is 0 Å². The molecule has 0 bridgehead atoms. The fraction of sp³-hybridized carbons (Fsp3) is 0.583. The fourth-order valence-electron chi connectivity index (χ4n) is 0.783. The van der Waals surface area contributed by atoms with Crippen LogP contribution in [0.25, 0.3) is 0 Å². The first kappa shape index (κ1) is 14.9. The standard InChI is InChI=1S/C12H20O4/c1-10(2)9-15-6-5-14-7-8-16-12(13)11(3)4/h1,3,5-9H2,2,4H3. The average molecular weight is 228 g/mol. The van der Waals surface area contributed by atoms with Crippen molar-refractivity contribution in [1.82, 2.24) is 0 Å². The van der Waals surface area contributed by atoms with E-state index in [1.54, 1.807) is 6.92 Å². The first-order valence-electron chi connectivity index (χ1n) is 5.16. The summed E-state index contributed by atoms with van der Waals surface area (Å²) in [5, 5.41) is 0. The van der Waals surface area contributed by atoms with Crippen LogP contribution in [0.15, 0.2) is 24.3 Å². The summed E-state index contributed by atoms with van der Waals surface area (Å²) >= 11 is 0. The molecule has 0 rings (SSSR count). The highest BCUT2D eigenvalue weighted by atomic mass is 16.6. The third-order valence-corrected chi connectivity index (χ3v) is 1.53. The predicted octanol–water partition coefficient (Wildman–Crippen LogP) is 1.72. The van der Waals surface area contributed by atoms with E-state index in [1.807, 2.05) is 6.92 Å². The molecule has 0 amide bonds. The van der Waals surface area contributed by atoms with Crippen LogP contribution in [0.4, 0.5) is 0 Å². The highest BCUT2D eigenvalue weighted by Gasteiger charge is 2.01. The number of esters is 1. The summed E-state index contributed by atoms with van der Waals surface area (Å²) < 4.78 is 15.2. The Bertz CT molecular complexity index is 245. The molecule has 0 N–H and O–H groups in total. The van der Waals surface area contributed by atoms with E-state index in [0.717, 1.165) is 5.57 Å². The number of hydrogen-bond acceptors (Lipinski definition) is 4. The van der Waals surface area contributed by atoms with Gasteiger partial charge < -0.3 is 14.2 Å². The van der Waals surface area contributed by atoms with Gasteiger partial charge in [-0.05, 0) is 13.8 Å². The summed E-state index contributed by atoms with van der Waals surface area (Å²) in [7, 11) is 0. The molecule has 0 aromatic carbocycles. The molecule has 0 unspecified atom stereocenters. The van der Waals surface area contributed by atoms with Crippen molar-refractivity contribution in [3.8, 4) is 0 Å². The van der Waals surface area contributed by atoms with Crippen molar-refractivity contribution in [2.45, 2.75) is 13.8 Å². The van der Waals surface area contributed by atoms with Gasteiger partial charge in [0, 0.05) is 5.57 Å². The van der Waals surface area contributed by atoms with Crippen molar-refractivity contribution in [2.75, 3.05) is 33.0 Å². The summed E-state index contributed by atoms with van der Waals surface area (Å²) in [6.07, 6.45) is 0. The van der Waals surface area contributed by atoms with Gasteiger partial charge in [0.2, 0.25) is 0 Å². The molecule has 4 nitrogen and oxygen atoms in total. The topological polar surface area (TPSA) is 44.8 Å². The molecular weight excluding hydrogens is 208 g/mol. The van der Waals surface area contributed by atoms with Gasteiger partial charge in [-0.2, -0.15) is 0 Å². The zero-order valence-corrected chi connectivity index (χ0v) is 10.1. The van der Waals surface area contributed by atoms with E-state index < -0.39 is 0 Å². The molecule has 16 heavy (non-hydrogen) atoms. The highest BCUT2D eigenvalue weighted by Crippen LogP contribution is 1.92. The minimum Gasteiger partial charge on any atom is -0.460 e. The Morgan fingerprint density at radius 3 is 2.12 bits per heavy atom. The summed E-state index contributed by atoms with van der Waals surface area (Å²) in [4.78, 5) is 10.9. The van der Waals surface area contributed by atoms with E-state index in [9.17, 15) is 4.79 Å². The van der Waals surface area contributed by atoms with Crippen molar-refractivity contribution < 1.29 is 19.0 Å². The maximum atomic E-state index is 10.9. The van der Waals surface area contributed by atoms with Crippen LogP contribution in [0.1, 0.15) is 13.8 Å². The molecule has 0 aliphatic rings. The number of rotatable bonds is 9. The lowest BCUT2D eigenvalue weighted by molar-refractivity contribution is -0.140. The van der Waals surface area contributed by atoms with E-state index in [4.69, 9.17) is 14.2 Å². The van der Waals surface area contributed by atoms with Gasteiger partial charge in [-0.15, -0.1) is 0 Å². The Balaban J connectivity index is 3.19. The van der Waals surface area contributed by atoms with E-state index in [1.165, 1.54) is 0 Å². The van der Waals surface area contributed by atoms with Crippen LogP contribution in [0, 0.1) is 0 Å². The van der Waals surface area contributed by atoms with Crippen molar-refractivity contribution >= 4 is 5.97 Å². The Labute approximate surface area is 96.9 Å². The maximum Gasteiger partial charge on any atom is 0.333 e. The van der Waals surface area contributed by atoms with Crippen molar-refractivity contribution in [3.05, 3.63) is 24.3 Å². The summed E-state index contributed by atoms with van der Waals surface area (Å²) in [6.45, 7) is 12.8. The lowest BCUT2D eigenvalue weighted by Crippen LogP contribution is -2.13. The fourth-order valence-corrected chi connectivity index (χ4v) is 0.783.